The molecule has 1 unspecified atom stereocenters. The van der Waals surface area contributed by atoms with Crippen LogP contribution in [-0.2, 0) is 6.42 Å². The van der Waals surface area contributed by atoms with Crippen LogP contribution in [0.5, 0.6) is 0 Å². The van der Waals surface area contributed by atoms with E-state index >= 15 is 0 Å². The number of benzene rings is 1. The Kier molecular flexibility index (Phi) is 4.71. The fourth-order valence-corrected chi connectivity index (χ4v) is 2.13. The molecule has 1 atom stereocenters. The third kappa shape index (κ3) is 3.30. The molecule has 0 bridgehead atoms. The molecule has 0 saturated carbocycles. The molecular weight excluding hydrogens is 282 g/mol. The molecule has 1 rings (SSSR count). The number of carbonyl (C=O) groups is 1. The van der Waals surface area contributed by atoms with Crippen LogP contribution in [0.2, 0.25) is 0 Å². The minimum Gasteiger partial charge on any atom is -0.478 e. The van der Waals surface area contributed by atoms with Gasteiger partial charge in [-0.05, 0) is 36.5 Å². The Morgan fingerprint density at radius 3 is 2.53 bits per heavy atom. The Bertz CT molecular complexity index is 430. The van der Waals surface area contributed by atoms with E-state index in [0.717, 1.165) is 22.0 Å². The van der Waals surface area contributed by atoms with Crippen molar-refractivity contribution in [1.29, 1.82) is 0 Å². The summed E-state index contributed by atoms with van der Waals surface area (Å²) in [6.07, 6.45) is 0.749. The van der Waals surface area contributed by atoms with Crippen LogP contribution in [0.4, 0.5) is 0 Å². The third-order valence-corrected chi connectivity index (χ3v) is 4.11. The number of nitrogens with two attached hydrogens (primary N) is 1. The number of carboxylic acid groups (broad SMARTS) is 1. The molecule has 17 heavy (non-hydrogen) atoms. The van der Waals surface area contributed by atoms with Crippen LogP contribution in [-0.4, -0.2) is 17.1 Å². The van der Waals surface area contributed by atoms with Crippen molar-refractivity contribution in [2.75, 3.05) is 0 Å². The Hall–Kier alpha value is -0.870. The van der Waals surface area contributed by atoms with E-state index in [9.17, 15) is 4.79 Å². The standard InChI is InChI=1S/C13H18BrNO2/c1-7(2)11(15)6-9-4-5-10(13(16)17)8(3)12(9)14/h4-5,7,11H,6,15H2,1-3H3,(H,16,17). The minimum atomic E-state index is -0.900. The number of rotatable bonds is 4. The van der Waals surface area contributed by atoms with Gasteiger partial charge in [0.2, 0.25) is 0 Å². The average molecular weight is 300 g/mol. The van der Waals surface area contributed by atoms with Crippen molar-refractivity contribution in [3.63, 3.8) is 0 Å². The van der Waals surface area contributed by atoms with E-state index in [-0.39, 0.29) is 6.04 Å². The lowest BCUT2D eigenvalue weighted by Gasteiger charge is -2.17. The van der Waals surface area contributed by atoms with E-state index in [4.69, 9.17) is 10.8 Å². The number of aromatic carboxylic acids is 1. The van der Waals surface area contributed by atoms with Crippen LogP contribution in [0.15, 0.2) is 16.6 Å². The first-order valence-electron chi connectivity index (χ1n) is 5.61. The molecule has 0 radical (unpaired) electrons. The van der Waals surface area contributed by atoms with Crippen LogP contribution < -0.4 is 5.73 Å². The lowest BCUT2D eigenvalue weighted by Crippen LogP contribution is -2.29. The van der Waals surface area contributed by atoms with Crippen molar-refractivity contribution < 1.29 is 9.90 Å². The number of hydrogen-bond acceptors (Lipinski definition) is 2. The molecule has 1 aromatic rings. The lowest BCUT2D eigenvalue weighted by molar-refractivity contribution is 0.0696. The van der Waals surface area contributed by atoms with Gasteiger partial charge in [-0.15, -0.1) is 0 Å². The molecule has 3 nitrogen and oxygen atoms in total. The first-order chi connectivity index (χ1) is 7.84. The molecule has 0 saturated heterocycles. The van der Waals surface area contributed by atoms with Gasteiger partial charge in [-0.25, -0.2) is 4.79 Å². The third-order valence-electron chi connectivity index (χ3n) is 3.01. The van der Waals surface area contributed by atoms with Crippen LogP contribution in [0.25, 0.3) is 0 Å². The molecule has 1 aromatic carbocycles. The van der Waals surface area contributed by atoms with Crippen LogP contribution in [0.1, 0.15) is 35.3 Å². The summed E-state index contributed by atoms with van der Waals surface area (Å²) < 4.78 is 0.855. The second-order valence-electron chi connectivity index (χ2n) is 4.63. The van der Waals surface area contributed by atoms with Gasteiger partial charge in [-0.3, -0.25) is 0 Å². The highest BCUT2D eigenvalue weighted by Gasteiger charge is 2.15. The van der Waals surface area contributed by atoms with Crippen LogP contribution in [0.3, 0.4) is 0 Å². The van der Waals surface area contributed by atoms with Gasteiger partial charge in [0.1, 0.15) is 0 Å². The van der Waals surface area contributed by atoms with Gasteiger partial charge in [0.15, 0.2) is 0 Å². The Morgan fingerprint density at radius 2 is 2.06 bits per heavy atom. The summed E-state index contributed by atoms with van der Waals surface area (Å²) in [6.45, 7) is 5.96. The average Bonchev–Trinajstić information content (AvgIpc) is 2.24. The molecule has 0 spiro atoms. The fourth-order valence-electron chi connectivity index (χ4n) is 1.62. The van der Waals surface area contributed by atoms with Gasteiger partial charge in [0.25, 0.3) is 0 Å². The molecule has 0 aliphatic heterocycles. The zero-order chi connectivity index (χ0) is 13.2. The summed E-state index contributed by atoms with van der Waals surface area (Å²) in [5, 5.41) is 9.01. The molecule has 0 aliphatic carbocycles. The molecule has 0 heterocycles. The van der Waals surface area contributed by atoms with Gasteiger partial charge in [-0.1, -0.05) is 35.8 Å². The summed E-state index contributed by atoms with van der Waals surface area (Å²) in [4.78, 5) is 11.0. The molecule has 0 fully saturated rings. The van der Waals surface area contributed by atoms with E-state index in [1.807, 2.05) is 6.07 Å². The fraction of sp³-hybridized carbons (Fsp3) is 0.462. The van der Waals surface area contributed by atoms with Crippen molar-refractivity contribution in [3.8, 4) is 0 Å². The van der Waals surface area contributed by atoms with Gasteiger partial charge < -0.3 is 10.8 Å². The van der Waals surface area contributed by atoms with Gasteiger partial charge in [-0.2, -0.15) is 0 Å². The molecule has 0 amide bonds. The van der Waals surface area contributed by atoms with Crippen LogP contribution >= 0.6 is 15.9 Å². The van der Waals surface area contributed by atoms with E-state index in [2.05, 4.69) is 29.8 Å². The number of halogens is 1. The molecule has 3 N–H and O–H groups in total. The second-order valence-corrected chi connectivity index (χ2v) is 5.42. The number of hydrogen-bond donors (Lipinski definition) is 2. The Balaban J connectivity index is 3.05. The number of carboxylic acids is 1. The van der Waals surface area contributed by atoms with Gasteiger partial charge >= 0.3 is 5.97 Å². The SMILES string of the molecule is Cc1c(C(=O)O)ccc(CC(N)C(C)C)c1Br. The topological polar surface area (TPSA) is 63.3 Å². The molecular formula is C13H18BrNO2. The molecule has 0 aromatic heterocycles. The molecule has 4 heteroatoms. The van der Waals surface area contributed by atoms with Crippen molar-refractivity contribution >= 4 is 21.9 Å². The first-order valence-corrected chi connectivity index (χ1v) is 6.40. The maximum Gasteiger partial charge on any atom is 0.335 e. The van der Waals surface area contributed by atoms with Crippen LogP contribution in [0, 0.1) is 12.8 Å². The van der Waals surface area contributed by atoms with Gasteiger partial charge in [0, 0.05) is 10.5 Å². The van der Waals surface area contributed by atoms with Crippen molar-refractivity contribution in [1.82, 2.24) is 0 Å². The van der Waals surface area contributed by atoms with Gasteiger partial charge in [0.05, 0.1) is 5.56 Å². The highest BCUT2D eigenvalue weighted by atomic mass is 79.9. The zero-order valence-corrected chi connectivity index (χ0v) is 11.9. The first kappa shape index (κ1) is 14.2. The normalized spacial score (nSPS) is 12.8. The lowest BCUT2D eigenvalue weighted by atomic mass is 9.95. The predicted molar refractivity (Wildman–Crippen MR) is 72.4 cm³/mol. The second kappa shape index (κ2) is 5.65. The van der Waals surface area contributed by atoms with Crippen molar-refractivity contribution in [2.45, 2.75) is 33.2 Å². The highest BCUT2D eigenvalue weighted by Crippen LogP contribution is 2.26. The largest absolute Gasteiger partial charge is 0.478 e. The molecule has 0 aliphatic rings. The summed E-state index contributed by atoms with van der Waals surface area (Å²) in [5.41, 5.74) is 8.18. The molecule has 94 valence electrons. The Labute approximate surface area is 110 Å². The smallest absolute Gasteiger partial charge is 0.335 e. The summed E-state index contributed by atoms with van der Waals surface area (Å²) in [5.74, 6) is -0.496. The summed E-state index contributed by atoms with van der Waals surface area (Å²) in [6, 6.07) is 3.56. The van der Waals surface area contributed by atoms with E-state index < -0.39 is 5.97 Å². The van der Waals surface area contributed by atoms with Crippen molar-refractivity contribution in [3.05, 3.63) is 33.3 Å². The monoisotopic (exact) mass is 299 g/mol. The maximum atomic E-state index is 11.0. The zero-order valence-electron chi connectivity index (χ0n) is 10.3. The van der Waals surface area contributed by atoms with Crippen molar-refractivity contribution in [2.24, 2.45) is 11.7 Å². The quantitative estimate of drug-likeness (QED) is 0.898. The van der Waals surface area contributed by atoms with E-state index in [1.165, 1.54) is 0 Å². The van der Waals surface area contributed by atoms with E-state index in [1.54, 1.807) is 13.0 Å². The minimum absolute atomic E-state index is 0.0846. The van der Waals surface area contributed by atoms with E-state index in [0.29, 0.717) is 11.5 Å². The summed E-state index contributed by atoms with van der Waals surface area (Å²) in [7, 11) is 0. The highest BCUT2D eigenvalue weighted by molar-refractivity contribution is 9.10. The maximum absolute atomic E-state index is 11.0. The predicted octanol–water partition coefficient (Wildman–Crippen LogP) is 2.98. The summed E-state index contributed by atoms with van der Waals surface area (Å²) >= 11 is 3.46. The Morgan fingerprint density at radius 1 is 1.47 bits per heavy atom.